The fourth-order valence-electron chi connectivity index (χ4n) is 3.39. The predicted octanol–water partition coefficient (Wildman–Crippen LogP) is 5.46. The van der Waals surface area contributed by atoms with E-state index in [0.717, 1.165) is 36.1 Å². The van der Waals surface area contributed by atoms with Crippen LogP contribution in [-0.4, -0.2) is 11.8 Å². The highest BCUT2D eigenvalue weighted by molar-refractivity contribution is 7.17. The number of ether oxygens (including phenoxy) is 1. The summed E-state index contributed by atoms with van der Waals surface area (Å²) in [7, 11) is 0. The van der Waals surface area contributed by atoms with Crippen molar-refractivity contribution in [2.24, 2.45) is 5.73 Å². The number of aryl methyl sites for hydroxylation is 1. The molecule has 30 heavy (non-hydrogen) atoms. The van der Waals surface area contributed by atoms with Crippen molar-refractivity contribution in [1.29, 1.82) is 0 Å². The largest absolute Gasteiger partial charge is 0.484 e. The van der Waals surface area contributed by atoms with Gasteiger partial charge in [-0.15, -0.1) is 11.3 Å². The normalized spacial score (nSPS) is 13.0. The van der Waals surface area contributed by atoms with Gasteiger partial charge >= 0.3 is 0 Å². The Morgan fingerprint density at radius 3 is 2.77 bits per heavy atom. The first-order valence-corrected chi connectivity index (χ1v) is 10.9. The number of anilines is 1. The van der Waals surface area contributed by atoms with E-state index in [9.17, 15) is 9.59 Å². The molecule has 3 aromatic rings. The van der Waals surface area contributed by atoms with Gasteiger partial charge in [0, 0.05) is 16.0 Å². The molecule has 1 aromatic carbocycles. The summed E-state index contributed by atoms with van der Waals surface area (Å²) in [5.74, 6) is -0.0222. The average Bonchev–Trinajstić information content (AvgIpc) is 3.33. The SMILES string of the molecule is NC(=O)c1c(NC(=O)c2ccc(COc3cc(Cl)ccc3Cl)o2)sc2c1CCCC2. The molecular formula is C21H18Cl2N2O4S. The number of furan rings is 1. The van der Waals surface area contributed by atoms with Gasteiger partial charge in [0.1, 0.15) is 23.1 Å². The van der Waals surface area contributed by atoms with Crippen molar-refractivity contribution in [3.05, 3.63) is 67.9 Å². The minimum absolute atomic E-state index is 0.0766. The van der Waals surface area contributed by atoms with Crippen LogP contribution in [0, 0.1) is 0 Å². The van der Waals surface area contributed by atoms with Crippen molar-refractivity contribution >= 4 is 51.4 Å². The molecule has 2 amide bonds. The van der Waals surface area contributed by atoms with Gasteiger partial charge in [-0.1, -0.05) is 23.2 Å². The summed E-state index contributed by atoms with van der Waals surface area (Å²) in [4.78, 5) is 25.7. The number of nitrogens with two attached hydrogens (primary N) is 1. The number of carbonyl (C=O) groups excluding carboxylic acids is 2. The van der Waals surface area contributed by atoms with Gasteiger partial charge in [0.2, 0.25) is 0 Å². The van der Waals surface area contributed by atoms with Crippen LogP contribution in [0.1, 0.15) is 50.0 Å². The van der Waals surface area contributed by atoms with E-state index in [0.29, 0.717) is 32.1 Å². The summed E-state index contributed by atoms with van der Waals surface area (Å²) in [5.41, 5.74) is 6.95. The van der Waals surface area contributed by atoms with E-state index in [1.165, 1.54) is 11.3 Å². The molecule has 156 valence electrons. The highest BCUT2D eigenvalue weighted by Crippen LogP contribution is 2.38. The fourth-order valence-corrected chi connectivity index (χ4v) is 5.02. The van der Waals surface area contributed by atoms with Gasteiger partial charge in [-0.3, -0.25) is 9.59 Å². The molecule has 9 heteroatoms. The van der Waals surface area contributed by atoms with Crippen molar-refractivity contribution in [3.8, 4) is 5.75 Å². The number of nitrogens with one attached hydrogen (secondary N) is 1. The Labute approximate surface area is 186 Å². The smallest absolute Gasteiger partial charge is 0.291 e. The summed E-state index contributed by atoms with van der Waals surface area (Å²) in [5, 5.41) is 4.17. The van der Waals surface area contributed by atoms with Crippen LogP contribution < -0.4 is 15.8 Å². The van der Waals surface area contributed by atoms with Crippen LogP contribution in [0.2, 0.25) is 10.0 Å². The number of thiophene rings is 1. The van der Waals surface area contributed by atoms with Crippen molar-refractivity contribution in [1.82, 2.24) is 0 Å². The molecule has 1 aliphatic carbocycles. The zero-order valence-electron chi connectivity index (χ0n) is 15.8. The van der Waals surface area contributed by atoms with Crippen LogP contribution >= 0.6 is 34.5 Å². The summed E-state index contributed by atoms with van der Waals surface area (Å²) < 4.78 is 11.2. The maximum absolute atomic E-state index is 12.7. The molecular weight excluding hydrogens is 447 g/mol. The van der Waals surface area contributed by atoms with Gasteiger partial charge in [0.25, 0.3) is 11.8 Å². The Balaban J connectivity index is 1.47. The van der Waals surface area contributed by atoms with E-state index in [4.69, 9.17) is 38.1 Å². The van der Waals surface area contributed by atoms with E-state index in [2.05, 4.69) is 5.32 Å². The lowest BCUT2D eigenvalue weighted by molar-refractivity contribution is 0.0993. The van der Waals surface area contributed by atoms with Gasteiger partial charge in [0.05, 0.1) is 10.6 Å². The molecule has 0 fully saturated rings. The molecule has 3 N–H and O–H groups in total. The standard InChI is InChI=1S/C21H18Cl2N2O4S/c22-11-5-7-14(23)16(9-11)28-10-12-6-8-15(29-12)20(27)25-21-18(19(24)26)13-3-1-2-4-17(13)30-21/h5-9H,1-4,10H2,(H2,24,26)(H,25,27). The van der Waals surface area contributed by atoms with Gasteiger partial charge in [-0.2, -0.15) is 0 Å². The first kappa shape index (κ1) is 20.8. The molecule has 0 aliphatic heterocycles. The second-order valence-corrected chi connectivity index (χ2v) is 8.81. The Morgan fingerprint density at radius 1 is 1.17 bits per heavy atom. The molecule has 0 spiro atoms. The fraction of sp³-hybridized carbons (Fsp3) is 0.238. The maximum atomic E-state index is 12.7. The molecule has 0 atom stereocenters. The number of amides is 2. The number of primary amides is 1. The highest BCUT2D eigenvalue weighted by Gasteiger charge is 2.25. The number of hydrogen-bond donors (Lipinski definition) is 2. The lowest BCUT2D eigenvalue weighted by atomic mass is 9.95. The van der Waals surface area contributed by atoms with E-state index >= 15 is 0 Å². The molecule has 0 radical (unpaired) electrons. The van der Waals surface area contributed by atoms with E-state index in [1.54, 1.807) is 30.3 Å². The topological polar surface area (TPSA) is 94.6 Å². The summed E-state index contributed by atoms with van der Waals surface area (Å²) >= 11 is 13.4. The molecule has 2 heterocycles. The molecule has 1 aliphatic rings. The molecule has 4 rings (SSSR count). The van der Waals surface area contributed by atoms with Crippen LogP contribution in [0.5, 0.6) is 5.75 Å². The number of rotatable bonds is 6. The van der Waals surface area contributed by atoms with E-state index in [1.807, 2.05) is 0 Å². The highest BCUT2D eigenvalue weighted by atomic mass is 35.5. The van der Waals surface area contributed by atoms with Crippen molar-refractivity contribution in [2.45, 2.75) is 32.3 Å². The number of carbonyl (C=O) groups is 2. The third-order valence-corrected chi connectivity index (χ3v) is 6.55. The molecule has 6 nitrogen and oxygen atoms in total. The summed E-state index contributed by atoms with van der Waals surface area (Å²) in [6.45, 7) is 0.0766. The van der Waals surface area contributed by atoms with Crippen LogP contribution in [0.15, 0.2) is 34.7 Å². The molecule has 0 unspecified atom stereocenters. The lowest BCUT2D eigenvalue weighted by Gasteiger charge is -2.11. The van der Waals surface area contributed by atoms with Crippen molar-refractivity contribution in [2.75, 3.05) is 5.32 Å². The van der Waals surface area contributed by atoms with Gasteiger partial charge < -0.3 is 20.2 Å². The zero-order chi connectivity index (χ0) is 21.3. The molecule has 0 bridgehead atoms. The minimum Gasteiger partial charge on any atom is -0.484 e. The first-order chi connectivity index (χ1) is 14.4. The van der Waals surface area contributed by atoms with Crippen molar-refractivity contribution < 1.29 is 18.7 Å². The average molecular weight is 465 g/mol. The van der Waals surface area contributed by atoms with Crippen LogP contribution in [-0.2, 0) is 19.4 Å². The maximum Gasteiger partial charge on any atom is 0.291 e. The van der Waals surface area contributed by atoms with Gasteiger partial charge in [-0.05, 0) is 55.5 Å². The number of halogens is 2. The van der Waals surface area contributed by atoms with Crippen LogP contribution in [0.25, 0.3) is 0 Å². The monoisotopic (exact) mass is 464 g/mol. The Hall–Kier alpha value is -2.48. The van der Waals surface area contributed by atoms with Crippen molar-refractivity contribution in [3.63, 3.8) is 0 Å². The molecule has 0 saturated heterocycles. The van der Waals surface area contributed by atoms with Crippen LogP contribution in [0.3, 0.4) is 0 Å². The third-order valence-electron chi connectivity index (χ3n) is 4.79. The first-order valence-electron chi connectivity index (χ1n) is 9.34. The Kier molecular flexibility index (Phi) is 6.04. The van der Waals surface area contributed by atoms with E-state index in [-0.39, 0.29) is 12.4 Å². The Morgan fingerprint density at radius 2 is 1.97 bits per heavy atom. The van der Waals surface area contributed by atoms with Gasteiger partial charge in [0.15, 0.2) is 5.76 Å². The van der Waals surface area contributed by atoms with Gasteiger partial charge in [-0.25, -0.2) is 0 Å². The molecule has 2 aromatic heterocycles. The number of fused-ring (bicyclic) bond motifs is 1. The lowest BCUT2D eigenvalue weighted by Crippen LogP contribution is -2.18. The van der Waals surface area contributed by atoms with Crippen LogP contribution in [0.4, 0.5) is 5.00 Å². The predicted molar refractivity (Wildman–Crippen MR) is 117 cm³/mol. The molecule has 0 saturated carbocycles. The zero-order valence-corrected chi connectivity index (χ0v) is 18.1. The van der Waals surface area contributed by atoms with E-state index < -0.39 is 11.8 Å². The Bertz CT molecular complexity index is 1120. The minimum atomic E-state index is -0.531. The summed E-state index contributed by atoms with van der Waals surface area (Å²) in [6, 6.07) is 8.09. The summed E-state index contributed by atoms with van der Waals surface area (Å²) in [6.07, 6.45) is 3.77. The second kappa shape index (κ2) is 8.71. The number of benzene rings is 1. The number of hydrogen-bond acceptors (Lipinski definition) is 5. The quantitative estimate of drug-likeness (QED) is 0.506. The second-order valence-electron chi connectivity index (χ2n) is 6.86. The third kappa shape index (κ3) is 4.33.